The van der Waals surface area contributed by atoms with Crippen molar-refractivity contribution in [2.45, 2.75) is 24.8 Å². The molecule has 2 heterocycles. The second-order valence-corrected chi connectivity index (χ2v) is 11.3. The number of carbonyl (C=O) groups excluding carboxylic acids is 1. The Labute approximate surface area is 205 Å². The minimum Gasteiger partial charge on any atom is -0.282 e. The topological polar surface area (TPSA) is 80.2 Å². The summed E-state index contributed by atoms with van der Waals surface area (Å²) in [5.41, 5.74) is 2.32. The molecule has 1 amide bonds. The number of thiazole rings is 1. The van der Waals surface area contributed by atoms with Gasteiger partial charge in [-0.1, -0.05) is 46.7 Å². The number of hydrogen-bond acceptors (Lipinski definition) is 6. The van der Waals surface area contributed by atoms with Crippen molar-refractivity contribution in [2.24, 2.45) is 0 Å². The van der Waals surface area contributed by atoms with E-state index in [9.17, 15) is 13.2 Å². The summed E-state index contributed by atoms with van der Waals surface area (Å²) in [6.45, 7) is 2.09. The molecule has 33 heavy (non-hydrogen) atoms. The third-order valence-corrected chi connectivity index (χ3v) is 8.54. The Balaban J connectivity index is 1.63. The number of pyridine rings is 1. The standard InChI is InChI=1S/C23H19Cl2N3O3S2/c1-15-5-10-19(25)22-21(15)27-23(32-22)28(14-17-4-2-3-12-26-17)20(29)11-13-33(30,31)18-8-6-16(24)7-9-18/h2-10,12H,11,13-14H2,1H3. The summed E-state index contributed by atoms with van der Waals surface area (Å²) in [5, 5.41) is 1.44. The van der Waals surface area contributed by atoms with Crippen LogP contribution in [0, 0.1) is 6.92 Å². The Morgan fingerprint density at radius 3 is 2.48 bits per heavy atom. The van der Waals surface area contributed by atoms with Crippen LogP contribution in [-0.2, 0) is 21.2 Å². The van der Waals surface area contributed by atoms with E-state index in [4.69, 9.17) is 23.2 Å². The average molecular weight is 520 g/mol. The van der Waals surface area contributed by atoms with Crippen LogP contribution >= 0.6 is 34.5 Å². The van der Waals surface area contributed by atoms with Crippen LogP contribution in [0.25, 0.3) is 10.2 Å². The van der Waals surface area contributed by atoms with Crippen LogP contribution in [-0.4, -0.2) is 30.0 Å². The largest absolute Gasteiger partial charge is 0.282 e. The van der Waals surface area contributed by atoms with Gasteiger partial charge in [0.25, 0.3) is 0 Å². The highest BCUT2D eigenvalue weighted by Crippen LogP contribution is 2.36. The molecule has 170 valence electrons. The van der Waals surface area contributed by atoms with Gasteiger partial charge in [0.1, 0.15) is 0 Å². The lowest BCUT2D eigenvalue weighted by molar-refractivity contribution is -0.118. The zero-order chi connectivity index (χ0) is 23.6. The van der Waals surface area contributed by atoms with E-state index in [1.807, 2.05) is 19.1 Å². The van der Waals surface area contributed by atoms with E-state index in [0.717, 1.165) is 15.8 Å². The summed E-state index contributed by atoms with van der Waals surface area (Å²) >= 11 is 13.5. The van der Waals surface area contributed by atoms with Crippen LogP contribution in [0.4, 0.5) is 5.13 Å². The van der Waals surface area contributed by atoms with E-state index in [1.165, 1.54) is 40.5 Å². The van der Waals surface area contributed by atoms with Crippen LogP contribution in [0.5, 0.6) is 0 Å². The summed E-state index contributed by atoms with van der Waals surface area (Å²) in [5.74, 6) is -0.706. The summed E-state index contributed by atoms with van der Waals surface area (Å²) < 4.78 is 26.3. The number of sulfone groups is 1. The van der Waals surface area contributed by atoms with Gasteiger partial charge in [-0.25, -0.2) is 13.4 Å². The lowest BCUT2D eigenvalue weighted by Crippen LogP contribution is -2.32. The summed E-state index contributed by atoms with van der Waals surface area (Å²) in [6.07, 6.45) is 1.43. The van der Waals surface area contributed by atoms with Crippen LogP contribution < -0.4 is 4.90 Å². The van der Waals surface area contributed by atoms with Gasteiger partial charge in [0.15, 0.2) is 15.0 Å². The maximum absolute atomic E-state index is 13.3. The van der Waals surface area contributed by atoms with Gasteiger partial charge in [0, 0.05) is 17.6 Å². The highest BCUT2D eigenvalue weighted by atomic mass is 35.5. The molecule has 0 saturated carbocycles. The molecule has 0 aliphatic heterocycles. The molecule has 4 rings (SSSR count). The van der Waals surface area contributed by atoms with Crippen molar-refractivity contribution in [3.63, 3.8) is 0 Å². The SMILES string of the molecule is Cc1ccc(Cl)c2sc(N(Cc3ccccn3)C(=O)CCS(=O)(=O)c3ccc(Cl)cc3)nc12. The van der Waals surface area contributed by atoms with E-state index in [0.29, 0.717) is 20.9 Å². The Morgan fingerprint density at radius 2 is 1.82 bits per heavy atom. The number of fused-ring (bicyclic) bond motifs is 1. The molecular formula is C23H19Cl2N3O3S2. The molecule has 0 aliphatic carbocycles. The molecule has 0 aliphatic rings. The highest BCUT2D eigenvalue weighted by Gasteiger charge is 2.24. The number of nitrogens with zero attached hydrogens (tertiary/aromatic N) is 3. The highest BCUT2D eigenvalue weighted by molar-refractivity contribution is 7.91. The molecule has 0 atom stereocenters. The lowest BCUT2D eigenvalue weighted by Gasteiger charge is -2.19. The Hall–Kier alpha value is -2.52. The number of halogens is 2. The van der Waals surface area contributed by atoms with Crippen LogP contribution in [0.1, 0.15) is 17.7 Å². The van der Waals surface area contributed by atoms with Gasteiger partial charge in [-0.3, -0.25) is 14.7 Å². The van der Waals surface area contributed by atoms with Crippen molar-refractivity contribution in [1.29, 1.82) is 0 Å². The van der Waals surface area contributed by atoms with Gasteiger partial charge < -0.3 is 0 Å². The van der Waals surface area contributed by atoms with Gasteiger partial charge in [0.05, 0.1) is 38.1 Å². The van der Waals surface area contributed by atoms with Crippen molar-refractivity contribution in [3.05, 3.63) is 82.1 Å². The second kappa shape index (κ2) is 9.77. The zero-order valence-corrected chi connectivity index (χ0v) is 20.7. The van der Waals surface area contributed by atoms with Gasteiger partial charge in [0.2, 0.25) is 5.91 Å². The Kier molecular flexibility index (Phi) is 6.99. The van der Waals surface area contributed by atoms with Crippen molar-refractivity contribution < 1.29 is 13.2 Å². The number of benzene rings is 2. The predicted molar refractivity (Wildman–Crippen MR) is 133 cm³/mol. The smallest absolute Gasteiger partial charge is 0.230 e. The second-order valence-electron chi connectivity index (χ2n) is 7.36. The summed E-state index contributed by atoms with van der Waals surface area (Å²) in [7, 11) is -3.66. The molecule has 10 heteroatoms. The van der Waals surface area contributed by atoms with Gasteiger partial charge in [-0.2, -0.15) is 0 Å². The minimum atomic E-state index is -3.66. The van der Waals surface area contributed by atoms with Crippen molar-refractivity contribution in [2.75, 3.05) is 10.7 Å². The molecule has 2 aromatic heterocycles. The van der Waals surface area contributed by atoms with E-state index >= 15 is 0 Å². The fraction of sp³-hybridized carbons (Fsp3) is 0.174. The number of hydrogen-bond donors (Lipinski definition) is 0. The van der Waals surface area contributed by atoms with E-state index in [-0.39, 0.29) is 29.5 Å². The first-order valence-electron chi connectivity index (χ1n) is 9.99. The van der Waals surface area contributed by atoms with Crippen molar-refractivity contribution >= 4 is 65.6 Å². The molecule has 0 unspecified atom stereocenters. The molecule has 2 aromatic carbocycles. The minimum absolute atomic E-state index is 0.123. The Morgan fingerprint density at radius 1 is 1.06 bits per heavy atom. The molecule has 0 saturated heterocycles. The molecule has 6 nitrogen and oxygen atoms in total. The first-order chi connectivity index (χ1) is 15.7. The zero-order valence-electron chi connectivity index (χ0n) is 17.5. The molecule has 0 bridgehead atoms. The van der Waals surface area contributed by atoms with Gasteiger partial charge in [-0.05, 0) is 55.0 Å². The first kappa shape index (κ1) is 23.6. The maximum Gasteiger partial charge on any atom is 0.230 e. The third-order valence-electron chi connectivity index (χ3n) is 5.02. The fourth-order valence-electron chi connectivity index (χ4n) is 3.24. The average Bonchev–Trinajstić information content (AvgIpc) is 3.26. The molecule has 0 radical (unpaired) electrons. The molecular weight excluding hydrogens is 501 g/mol. The number of carbonyl (C=O) groups is 1. The molecule has 0 fully saturated rings. The van der Waals surface area contributed by atoms with Crippen LogP contribution in [0.2, 0.25) is 10.0 Å². The Bertz CT molecular complexity index is 1370. The number of amides is 1. The summed E-state index contributed by atoms with van der Waals surface area (Å²) in [6, 6.07) is 15.0. The number of rotatable bonds is 7. The summed E-state index contributed by atoms with van der Waals surface area (Å²) in [4.78, 5) is 23.8. The number of aromatic nitrogens is 2. The van der Waals surface area contributed by atoms with Crippen molar-refractivity contribution in [3.8, 4) is 0 Å². The number of anilines is 1. The van der Waals surface area contributed by atoms with Crippen LogP contribution in [0.15, 0.2) is 65.7 Å². The monoisotopic (exact) mass is 519 g/mol. The van der Waals surface area contributed by atoms with Crippen LogP contribution in [0.3, 0.4) is 0 Å². The van der Waals surface area contributed by atoms with Crippen molar-refractivity contribution in [1.82, 2.24) is 9.97 Å². The van der Waals surface area contributed by atoms with E-state index in [2.05, 4.69) is 9.97 Å². The van der Waals surface area contributed by atoms with Gasteiger partial charge >= 0.3 is 0 Å². The third kappa shape index (κ3) is 5.35. The molecule has 0 spiro atoms. The number of aryl methyl sites for hydroxylation is 1. The van der Waals surface area contributed by atoms with Gasteiger partial charge in [-0.15, -0.1) is 0 Å². The lowest BCUT2D eigenvalue weighted by atomic mass is 10.2. The predicted octanol–water partition coefficient (Wildman–Crippen LogP) is 5.70. The normalized spacial score (nSPS) is 11.6. The maximum atomic E-state index is 13.3. The van der Waals surface area contributed by atoms with E-state index < -0.39 is 9.84 Å². The molecule has 4 aromatic rings. The van der Waals surface area contributed by atoms with E-state index in [1.54, 1.807) is 24.4 Å². The fourth-order valence-corrected chi connectivity index (χ4v) is 5.93. The first-order valence-corrected chi connectivity index (χ1v) is 13.2. The quantitative estimate of drug-likeness (QED) is 0.312. The molecule has 0 N–H and O–H groups in total.